The lowest BCUT2D eigenvalue weighted by molar-refractivity contribution is -0.118. The Morgan fingerprint density at radius 2 is 1.84 bits per heavy atom. The van der Waals surface area contributed by atoms with Crippen molar-refractivity contribution in [2.45, 2.75) is 13.3 Å². The lowest BCUT2D eigenvalue weighted by atomic mass is 10.1. The first-order valence-electron chi connectivity index (χ1n) is 7.63. The summed E-state index contributed by atoms with van der Waals surface area (Å²) in [6.07, 6.45) is 0.644. The Morgan fingerprint density at radius 1 is 1.16 bits per heavy atom. The fourth-order valence-corrected chi connectivity index (χ4v) is 2.74. The Morgan fingerprint density at radius 3 is 2.48 bits per heavy atom. The predicted octanol–water partition coefficient (Wildman–Crippen LogP) is -0.0181. The Balaban J connectivity index is 1.94. The molecule has 128 valence electrons. The third kappa shape index (κ3) is 3.01. The molecule has 0 spiro atoms. The van der Waals surface area contributed by atoms with Crippen LogP contribution in [0.15, 0.2) is 35.1 Å². The Bertz CT molecular complexity index is 944. The van der Waals surface area contributed by atoms with Crippen LogP contribution in [0.3, 0.4) is 0 Å². The molecule has 1 aliphatic heterocycles. The standard InChI is InChI=1S/C17H16N4O4/c1-9(22)19-7-6-10-2-4-11(5-3-10)21-13(23)8-12-14(15(21)18)17(25)20-16(12)24/h2-5,8H,6-7,18H2,1H3,(H,19,22)(H,20,24,25). The van der Waals surface area contributed by atoms with E-state index in [9.17, 15) is 19.2 Å². The zero-order valence-corrected chi connectivity index (χ0v) is 13.5. The Kier molecular flexibility index (Phi) is 4.10. The van der Waals surface area contributed by atoms with Crippen LogP contribution < -0.4 is 21.9 Å². The Labute approximate surface area is 142 Å². The number of imide groups is 1. The predicted molar refractivity (Wildman–Crippen MR) is 90.6 cm³/mol. The highest BCUT2D eigenvalue weighted by Gasteiger charge is 2.31. The molecule has 4 N–H and O–H groups in total. The number of nitrogen functional groups attached to an aromatic ring is 1. The Hall–Kier alpha value is -3.42. The fraction of sp³-hybridized carbons (Fsp3) is 0.176. The second-order valence-electron chi connectivity index (χ2n) is 5.67. The topological polar surface area (TPSA) is 123 Å². The number of amides is 3. The zero-order chi connectivity index (χ0) is 18.1. The van der Waals surface area contributed by atoms with Crippen molar-refractivity contribution in [1.82, 2.24) is 15.2 Å². The highest BCUT2D eigenvalue weighted by atomic mass is 16.2. The maximum Gasteiger partial charge on any atom is 0.262 e. The normalized spacial score (nSPS) is 12.7. The molecule has 3 rings (SSSR count). The molecular weight excluding hydrogens is 324 g/mol. The number of nitrogens with zero attached hydrogens (tertiary/aromatic N) is 1. The third-order valence-electron chi connectivity index (χ3n) is 3.94. The summed E-state index contributed by atoms with van der Waals surface area (Å²) in [5.41, 5.74) is 6.95. The van der Waals surface area contributed by atoms with Gasteiger partial charge in [0.1, 0.15) is 5.82 Å². The van der Waals surface area contributed by atoms with Gasteiger partial charge in [0, 0.05) is 19.5 Å². The monoisotopic (exact) mass is 340 g/mol. The molecule has 8 heteroatoms. The highest BCUT2D eigenvalue weighted by molar-refractivity contribution is 6.23. The van der Waals surface area contributed by atoms with Crippen LogP contribution >= 0.6 is 0 Å². The number of anilines is 1. The third-order valence-corrected chi connectivity index (χ3v) is 3.94. The lowest BCUT2D eigenvalue weighted by Gasteiger charge is -2.12. The number of pyridine rings is 1. The van der Waals surface area contributed by atoms with Crippen LogP contribution in [0.1, 0.15) is 33.2 Å². The number of benzene rings is 1. The number of carbonyl (C=O) groups excluding carboxylic acids is 3. The molecule has 25 heavy (non-hydrogen) atoms. The van der Waals surface area contributed by atoms with Gasteiger partial charge in [-0.05, 0) is 24.1 Å². The first-order chi connectivity index (χ1) is 11.9. The van der Waals surface area contributed by atoms with E-state index in [0.717, 1.165) is 11.6 Å². The SMILES string of the molecule is CC(=O)NCCc1ccc(-n2c(N)c3c(cc2=O)C(=O)NC3=O)cc1. The van der Waals surface area contributed by atoms with Crippen LogP contribution in [0.4, 0.5) is 5.82 Å². The van der Waals surface area contributed by atoms with Gasteiger partial charge in [-0.1, -0.05) is 12.1 Å². The highest BCUT2D eigenvalue weighted by Crippen LogP contribution is 2.22. The summed E-state index contributed by atoms with van der Waals surface area (Å²) in [6, 6.07) is 8.11. The molecule has 1 aromatic heterocycles. The van der Waals surface area contributed by atoms with E-state index in [1.165, 1.54) is 11.5 Å². The minimum Gasteiger partial charge on any atom is -0.384 e. The quantitative estimate of drug-likeness (QED) is 0.675. The van der Waals surface area contributed by atoms with E-state index in [1.54, 1.807) is 12.1 Å². The van der Waals surface area contributed by atoms with Crippen molar-refractivity contribution >= 4 is 23.5 Å². The van der Waals surface area contributed by atoms with Gasteiger partial charge in [-0.25, -0.2) is 0 Å². The molecule has 1 aromatic carbocycles. The van der Waals surface area contributed by atoms with Gasteiger partial charge in [0.25, 0.3) is 17.4 Å². The van der Waals surface area contributed by atoms with E-state index in [1.807, 2.05) is 12.1 Å². The van der Waals surface area contributed by atoms with E-state index in [0.29, 0.717) is 18.7 Å². The molecule has 1 aliphatic rings. The number of carbonyl (C=O) groups is 3. The summed E-state index contributed by atoms with van der Waals surface area (Å²) in [7, 11) is 0. The van der Waals surface area contributed by atoms with Crippen molar-refractivity contribution in [2.24, 2.45) is 0 Å². The van der Waals surface area contributed by atoms with Gasteiger partial charge in [0.15, 0.2) is 0 Å². The lowest BCUT2D eigenvalue weighted by Crippen LogP contribution is -2.24. The summed E-state index contributed by atoms with van der Waals surface area (Å²) < 4.78 is 1.19. The molecule has 2 aromatic rings. The van der Waals surface area contributed by atoms with E-state index >= 15 is 0 Å². The first kappa shape index (κ1) is 16.4. The number of nitrogens with two attached hydrogens (primary N) is 1. The molecule has 0 atom stereocenters. The average Bonchev–Trinajstić information content (AvgIpc) is 2.82. The maximum atomic E-state index is 12.3. The molecule has 0 unspecified atom stereocenters. The molecular formula is C17H16N4O4. The van der Waals surface area contributed by atoms with Crippen molar-refractivity contribution in [1.29, 1.82) is 0 Å². The van der Waals surface area contributed by atoms with Gasteiger partial charge < -0.3 is 11.1 Å². The number of hydrogen-bond donors (Lipinski definition) is 3. The van der Waals surface area contributed by atoms with Gasteiger partial charge in [-0.3, -0.25) is 29.1 Å². The van der Waals surface area contributed by atoms with Crippen molar-refractivity contribution in [3.05, 3.63) is 57.4 Å². The van der Waals surface area contributed by atoms with E-state index in [2.05, 4.69) is 10.6 Å². The summed E-state index contributed by atoms with van der Waals surface area (Å²) in [5.74, 6) is -1.40. The van der Waals surface area contributed by atoms with Crippen LogP contribution in [0.25, 0.3) is 5.69 Å². The van der Waals surface area contributed by atoms with E-state index < -0.39 is 17.4 Å². The largest absolute Gasteiger partial charge is 0.384 e. The number of fused-ring (bicyclic) bond motifs is 1. The number of nitrogens with one attached hydrogen (secondary N) is 2. The van der Waals surface area contributed by atoms with Gasteiger partial charge in [-0.15, -0.1) is 0 Å². The molecule has 0 fully saturated rings. The second-order valence-corrected chi connectivity index (χ2v) is 5.67. The fourth-order valence-electron chi connectivity index (χ4n) is 2.74. The van der Waals surface area contributed by atoms with Crippen LogP contribution in [0.2, 0.25) is 0 Å². The minimum absolute atomic E-state index is 0.00400. The van der Waals surface area contributed by atoms with Crippen molar-refractivity contribution in [3.8, 4) is 5.69 Å². The van der Waals surface area contributed by atoms with Crippen molar-refractivity contribution < 1.29 is 14.4 Å². The van der Waals surface area contributed by atoms with Crippen LogP contribution in [-0.2, 0) is 11.2 Å². The van der Waals surface area contributed by atoms with Gasteiger partial charge >= 0.3 is 0 Å². The molecule has 8 nitrogen and oxygen atoms in total. The first-order valence-corrected chi connectivity index (χ1v) is 7.63. The summed E-state index contributed by atoms with van der Waals surface area (Å²) in [4.78, 5) is 46.7. The average molecular weight is 340 g/mol. The van der Waals surface area contributed by atoms with Crippen molar-refractivity contribution in [3.63, 3.8) is 0 Å². The van der Waals surface area contributed by atoms with E-state index in [4.69, 9.17) is 5.73 Å². The van der Waals surface area contributed by atoms with Crippen molar-refractivity contribution in [2.75, 3.05) is 12.3 Å². The smallest absolute Gasteiger partial charge is 0.262 e. The van der Waals surface area contributed by atoms with E-state index in [-0.39, 0.29) is 22.9 Å². The number of aromatic nitrogens is 1. The van der Waals surface area contributed by atoms with Crippen LogP contribution in [-0.4, -0.2) is 28.8 Å². The molecule has 3 amide bonds. The molecule has 0 radical (unpaired) electrons. The summed E-state index contributed by atoms with van der Waals surface area (Å²) in [6.45, 7) is 1.96. The molecule has 0 aliphatic carbocycles. The van der Waals surface area contributed by atoms with Crippen LogP contribution in [0.5, 0.6) is 0 Å². The summed E-state index contributed by atoms with van der Waals surface area (Å²) >= 11 is 0. The van der Waals surface area contributed by atoms with Gasteiger partial charge in [-0.2, -0.15) is 0 Å². The zero-order valence-electron chi connectivity index (χ0n) is 13.5. The molecule has 0 saturated carbocycles. The van der Waals surface area contributed by atoms with Crippen LogP contribution in [0, 0.1) is 0 Å². The number of hydrogen-bond acceptors (Lipinski definition) is 5. The second kappa shape index (κ2) is 6.23. The maximum absolute atomic E-state index is 12.3. The molecule has 0 saturated heterocycles. The number of rotatable bonds is 4. The van der Waals surface area contributed by atoms with Gasteiger partial charge in [0.05, 0.1) is 16.8 Å². The molecule has 2 heterocycles. The molecule has 0 bridgehead atoms. The minimum atomic E-state index is -0.621. The van der Waals surface area contributed by atoms with Gasteiger partial charge in [0.2, 0.25) is 5.91 Å². The summed E-state index contributed by atoms with van der Waals surface area (Å²) in [5, 5.41) is 4.83.